The van der Waals surface area contributed by atoms with Gasteiger partial charge in [-0.3, -0.25) is 4.72 Å². The molecule has 134 valence electrons. The van der Waals surface area contributed by atoms with E-state index in [-0.39, 0.29) is 10.0 Å². The first-order valence-electron chi connectivity index (χ1n) is 8.38. The number of aromatic nitrogens is 2. The van der Waals surface area contributed by atoms with E-state index in [1.807, 2.05) is 6.92 Å². The fourth-order valence-corrected chi connectivity index (χ4v) is 4.99. The highest BCUT2D eigenvalue weighted by atomic mass is 32.2. The minimum atomic E-state index is -3.60. The van der Waals surface area contributed by atoms with Crippen LogP contribution >= 0.6 is 11.3 Å². The van der Waals surface area contributed by atoms with Gasteiger partial charge in [0, 0.05) is 11.4 Å². The average Bonchev–Trinajstić information content (AvgIpc) is 3.05. The SMILES string of the molecule is Cc1ccc(S(=O)(=O)Nc2ccc(NCCC3=CCCCC3)nn2)s1. The van der Waals surface area contributed by atoms with Gasteiger partial charge in [-0.05, 0) is 63.3 Å². The van der Waals surface area contributed by atoms with Crippen molar-refractivity contribution in [1.29, 1.82) is 0 Å². The minimum Gasteiger partial charge on any atom is -0.368 e. The van der Waals surface area contributed by atoms with E-state index in [2.05, 4.69) is 26.3 Å². The zero-order chi connectivity index (χ0) is 17.7. The number of nitrogens with one attached hydrogen (secondary N) is 2. The summed E-state index contributed by atoms with van der Waals surface area (Å²) < 4.78 is 27.2. The topological polar surface area (TPSA) is 84.0 Å². The molecule has 2 aromatic rings. The molecule has 0 fully saturated rings. The maximum atomic E-state index is 12.3. The van der Waals surface area contributed by atoms with Crippen molar-refractivity contribution in [3.8, 4) is 0 Å². The third-order valence-electron chi connectivity index (χ3n) is 4.02. The van der Waals surface area contributed by atoms with Crippen LogP contribution in [0, 0.1) is 6.92 Å². The molecule has 0 bridgehead atoms. The van der Waals surface area contributed by atoms with Gasteiger partial charge in [0.25, 0.3) is 10.0 Å². The van der Waals surface area contributed by atoms with E-state index in [0.29, 0.717) is 5.82 Å². The summed E-state index contributed by atoms with van der Waals surface area (Å²) in [6.07, 6.45) is 8.30. The van der Waals surface area contributed by atoms with Gasteiger partial charge < -0.3 is 5.32 Å². The van der Waals surface area contributed by atoms with E-state index in [0.717, 1.165) is 17.8 Å². The van der Waals surface area contributed by atoms with Gasteiger partial charge in [0.1, 0.15) is 10.0 Å². The van der Waals surface area contributed by atoms with Crippen LogP contribution in [0.1, 0.15) is 37.0 Å². The number of thiophene rings is 1. The predicted octanol–water partition coefficient (Wildman–Crippen LogP) is 3.95. The van der Waals surface area contributed by atoms with Crippen LogP contribution in [0.4, 0.5) is 11.6 Å². The van der Waals surface area contributed by atoms with Gasteiger partial charge in [-0.2, -0.15) is 0 Å². The van der Waals surface area contributed by atoms with Gasteiger partial charge in [-0.1, -0.05) is 11.6 Å². The highest BCUT2D eigenvalue weighted by Gasteiger charge is 2.17. The third-order valence-corrected chi connectivity index (χ3v) is 6.87. The second-order valence-corrected chi connectivity index (χ2v) is 9.26. The van der Waals surface area contributed by atoms with Crippen LogP contribution in [-0.4, -0.2) is 25.2 Å². The number of hydrogen-bond acceptors (Lipinski definition) is 6. The van der Waals surface area contributed by atoms with Gasteiger partial charge in [-0.25, -0.2) is 8.42 Å². The normalized spacial score (nSPS) is 14.8. The first-order chi connectivity index (χ1) is 12.0. The molecule has 0 atom stereocenters. The summed E-state index contributed by atoms with van der Waals surface area (Å²) in [5, 5.41) is 11.2. The smallest absolute Gasteiger partial charge is 0.272 e. The van der Waals surface area contributed by atoms with Gasteiger partial charge >= 0.3 is 0 Å². The molecule has 0 unspecified atom stereocenters. The van der Waals surface area contributed by atoms with Crippen LogP contribution in [-0.2, 0) is 10.0 Å². The Kier molecular flexibility index (Phi) is 5.70. The molecule has 1 aliphatic rings. The summed E-state index contributed by atoms with van der Waals surface area (Å²) in [4.78, 5) is 0.944. The third kappa shape index (κ3) is 5.02. The van der Waals surface area contributed by atoms with E-state index in [9.17, 15) is 8.42 Å². The zero-order valence-electron chi connectivity index (χ0n) is 14.2. The molecule has 2 aromatic heterocycles. The van der Waals surface area contributed by atoms with E-state index in [1.54, 1.807) is 24.3 Å². The molecule has 0 spiro atoms. The number of aryl methyl sites for hydroxylation is 1. The highest BCUT2D eigenvalue weighted by Crippen LogP contribution is 2.23. The summed E-state index contributed by atoms with van der Waals surface area (Å²) in [5.41, 5.74) is 1.50. The molecule has 0 aliphatic heterocycles. The van der Waals surface area contributed by atoms with Crippen molar-refractivity contribution in [2.45, 2.75) is 43.2 Å². The molecular formula is C17H22N4O2S2. The van der Waals surface area contributed by atoms with Crippen molar-refractivity contribution in [3.63, 3.8) is 0 Å². The average molecular weight is 379 g/mol. The molecule has 25 heavy (non-hydrogen) atoms. The second kappa shape index (κ2) is 7.97. The maximum absolute atomic E-state index is 12.3. The van der Waals surface area contributed by atoms with E-state index in [1.165, 1.54) is 42.6 Å². The number of hydrogen-bond donors (Lipinski definition) is 2. The molecule has 0 amide bonds. The molecule has 6 nitrogen and oxygen atoms in total. The number of allylic oxidation sites excluding steroid dienone is 1. The lowest BCUT2D eigenvalue weighted by Gasteiger charge is -2.13. The maximum Gasteiger partial charge on any atom is 0.272 e. The van der Waals surface area contributed by atoms with Crippen molar-refractivity contribution in [2.24, 2.45) is 0 Å². The van der Waals surface area contributed by atoms with Gasteiger partial charge in [-0.15, -0.1) is 21.5 Å². The molecule has 0 aromatic carbocycles. The fraction of sp³-hybridized carbons (Fsp3) is 0.412. The van der Waals surface area contributed by atoms with Crippen LogP contribution in [0.15, 0.2) is 40.1 Å². The number of sulfonamides is 1. The monoisotopic (exact) mass is 378 g/mol. The fourth-order valence-electron chi connectivity index (χ4n) is 2.71. The van der Waals surface area contributed by atoms with Crippen LogP contribution in [0.2, 0.25) is 0 Å². The molecule has 0 radical (unpaired) electrons. The van der Waals surface area contributed by atoms with Gasteiger partial charge in [0.15, 0.2) is 5.82 Å². The molecular weight excluding hydrogens is 356 g/mol. The lowest BCUT2D eigenvalue weighted by Crippen LogP contribution is -2.13. The van der Waals surface area contributed by atoms with Crippen molar-refractivity contribution in [3.05, 3.63) is 40.8 Å². The van der Waals surface area contributed by atoms with Gasteiger partial charge in [0.05, 0.1) is 0 Å². The summed E-state index contributed by atoms with van der Waals surface area (Å²) in [7, 11) is -3.60. The Balaban J connectivity index is 1.54. The summed E-state index contributed by atoms with van der Waals surface area (Å²) in [5.74, 6) is 0.859. The number of nitrogens with zero attached hydrogens (tertiary/aromatic N) is 2. The van der Waals surface area contributed by atoms with Crippen LogP contribution < -0.4 is 10.0 Å². The summed E-state index contributed by atoms with van der Waals surface area (Å²) >= 11 is 1.23. The standard InChI is InChI=1S/C17H22N4O2S2/c1-13-7-10-17(24-13)25(22,23)21-16-9-8-15(19-20-16)18-12-11-14-5-3-2-4-6-14/h5,7-10H,2-4,6,11-12H2,1H3,(H,18,19)(H,20,21). The molecule has 1 aliphatic carbocycles. The van der Waals surface area contributed by atoms with Crippen LogP contribution in [0.3, 0.4) is 0 Å². The van der Waals surface area contributed by atoms with E-state index in [4.69, 9.17) is 0 Å². The Morgan fingerprint density at radius 3 is 2.56 bits per heavy atom. The quantitative estimate of drug-likeness (QED) is 0.713. The van der Waals surface area contributed by atoms with Crippen molar-refractivity contribution >= 4 is 33.0 Å². The van der Waals surface area contributed by atoms with Crippen molar-refractivity contribution in [1.82, 2.24) is 10.2 Å². The Morgan fingerprint density at radius 1 is 1.12 bits per heavy atom. The Hall–Kier alpha value is -1.93. The number of anilines is 2. The van der Waals surface area contributed by atoms with Crippen LogP contribution in [0.5, 0.6) is 0 Å². The molecule has 8 heteroatoms. The van der Waals surface area contributed by atoms with E-state index < -0.39 is 10.0 Å². The largest absolute Gasteiger partial charge is 0.368 e. The molecule has 2 heterocycles. The van der Waals surface area contributed by atoms with Crippen molar-refractivity contribution in [2.75, 3.05) is 16.6 Å². The van der Waals surface area contributed by atoms with Crippen molar-refractivity contribution < 1.29 is 8.42 Å². The first kappa shape index (κ1) is 17.9. The Labute approximate surface area is 152 Å². The molecule has 3 rings (SSSR count). The molecule has 2 N–H and O–H groups in total. The lowest BCUT2D eigenvalue weighted by molar-refractivity contribution is 0.603. The summed E-state index contributed by atoms with van der Waals surface area (Å²) in [6, 6.07) is 6.72. The van der Waals surface area contributed by atoms with E-state index >= 15 is 0 Å². The molecule has 0 saturated carbocycles. The van der Waals surface area contributed by atoms with Crippen LogP contribution in [0.25, 0.3) is 0 Å². The van der Waals surface area contributed by atoms with Gasteiger partial charge in [0.2, 0.25) is 0 Å². The molecule has 0 saturated heterocycles. The summed E-state index contributed by atoms with van der Waals surface area (Å²) in [6.45, 7) is 2.67. The highest BCUT2D eigenvalue weighted by molar-refractivity contribution is 7.94. The lowest BCUT2D eigenvalue weighted by atomic mass is 9.97. The Morgan fingerprint density at radius 2 is 1.92 bits per heavy atom. The predicted molar refractivity (Wildman–Crippen MR) is 102 cm³/mol. The zero-order valence-corrected chi connectivity index (χ0v) is 15.8. The Bertz CT molecular complexity index is 842. The second-order valence-electron chi connectivity index (χ2n) is 6.06. The first-order valence-corrected chi connectivity index (χ1v) is 10.7. The minimum absolute atomic E-state index is 0.214. The number of rotatable bonds is 7.